The summed E-state index contributed by atoms with van der Waals surface area (Å²) in [5, 5.41) is 0. The van der Waals surface area contributed by atoms with Gasteiger partial charge in [0.1, 0.15) is 0 Å². The molecule has 86 valence electrons. The van der Waals surface area contributed by atoms with Gasteiger partial charge in [0.25, 0.3) is 0 Å². The molecule has 3 nitrogen and oxygen atoms in total. The van der Waals surface area contributed by atoms with Crippen LogP contribution in [-0.2, 0) is 4.79 Å². The predicted molar refractivity (Wildman–Crippen MR) is 60.4 cm³/mol. The van der Waals surface area contributed by atoms with Crippen LogP contribution in [0.25, 0.3) is 0 Å². The fourth-order valence-electron chi connectivity index (χ4n) is 3.10. The van der Waals surface area contributed by atoms with Crippen LogP contribution in [0.5, 0.6) is 0 Å². The first-order valence-corrected chi connectivity index (χ1v) is 6.29. The number of rotatable bonds is 2. The molecule has 1 heterocycles. The van der Waals surface area contributed by atoms with Gasteiger partial charge in [0.2, 0.25) is 5.91 Å². The molecule has 1 saturated heterocycles. The lowest BCUT2D eigenvalue weighted by molar-refractivity contribution is -0.136. The van der Waals surface area contributed by atoms with Crippen molar-refractivity contribution in [2.45, 2.75) is 56.9 Å². The van der Waals surface area contributed by atoms with E-state index in [1.807, 2.05) is 0 Å². The highest BCUT2D eigenvalue weighted by atomic mass is 16.2. The van der Waals surface area contributed by atoms with E-state index in [0.717, 1.165) is 38.6 Å². The average Bonchev–Trinajstić information content (AvgIpc) is 2.63. The van der Waals surface area contributed by atoms with Crippen LogP contribution in [0.4, 0.5) is 0 Å². The maximum absolute atomic E-state index is 12.0. The summed E-state index contributed by atoms with van der Waals surface area (Å²) in [7, 11) is 0. The number of amides is 1. The fourth-order valence-corrected chi connectivity index (χ4v) is 3.10. The zero-order valence-electron chi connectivity index (χ0n) is 9.50. The van der Waals surface area contributed by atoms with Crippen LogP contribution in [0.15, 0.2) is 0 Å². The first kappa shape index (κ1) is 10.9. The number of carbonyl (C=O) groups excluding carboxylic acids is 1. The zero-order valence-corrected chi connectivity index (χ0v) is 9.50. The second kappa shape index (κ2) is 4.52. The molecule has 0 aromatic carbocycles. The van der Waals surface area contributed by atoms with Crippen LogP contribution in [0.1, 0.15) is 51.4 Å². The summed E-state index contributed by atoms with van der Waals surface area (Å²) in [4.78, 5) is 14.2. The monoisotopic (exact) mass is 210 g/mol. The van der Waals surface area contributed by atoms with Gasteiger partial charge in [0, 0.05) is 19.5 Å². The smallest absolute Gasteiger partial charge is 0.223 e. The van der Waals surface area contributed by atoms with E-state index in [2.05, 4.69) is 4.90 Å². The molecule has 2 rings (SSSR count). The molecule has 2 aliphatic rings. The molecule has 0 spiro atoms. The Bertz CT molecular complexity index is 234. The Morgan fingerprint density at radius 1 is 1.13 bits per heavy atom. The summed E-state index contributed by atoms with van der Waals surface area (Å²) in [6.07, 6.45) is 8.88. The van der Waals surface area contributed by atoms with Crippen molar-refractivity contribution in [1.82, 2.24) is 4.90 Å². The van der Waals surface area contributed by atoms with Gasteiger partial charge >= 0.3 is 0 Å². The van der Waals surface area contributed by atoms with Crippen LogP contribution < -0.4 is 5.73 Å². The third kappa shape index (κ3) is 2.03. The molecule has 0 aromatic heterocycles. The summed E-state index contributed by atoms with van der Waals surface area (Å²) < 4.78 is 0. The third-order valence-electron chi connectivity index (χ3n) is 4.06. The Morgan fingerprint density at radius 3 is 2.53 bits per heavy atom. The van der Waals surface area contributed by atoms with Crippen molar-refractivity contribution in [2.75, 3.05) is 13.1 Å². The van der Waals surface area contributed by atoms with Crippen LogP contribution in [0.2, 0.25) is 0 Å². The Balaban J connectivity index is 2.14. The zero-order chi connectivity index (χ0) is 10.7. The van der Waals surface area contributed by atoms with Crippen molar-refractivity contribution >= 4 is 5.91 Å². The summed E-state index contributed by atoms with van der Waals surface area (Å²) in [5.74, 6) is 0.347. The van der Waals surface area contributed by atoms with Gasteiger partial charge in [-0.3, -0.25) is 4.79 Å². The molecule has 0 bridgehead atoms. The van der Waals surface area contributed by atoms with Gasteiger partial charge in [0.05, 0.1) is 5.54 Å². The van der Waals surface area contributed by atoms with E-state index in [9.17, 15) is 4.79 Å². The van der Waals surface area contributed by atoms with E-state index in [-0.39, 0.29) is 5.54 Å². The van der Waals surface area contributed by atoms with Gasteiger partial charge in [-0.1, -0.05) is 19.3 Å². The van der Waals surface area contributed by atoms with Gasteiger partial charge in [-0.2, -0.15) is 0 Å². The van der Waals surface area contributed by atoms with Crippen LogP contribution in [0.3, 0.4) is 0 Å². The minimum Gasteiger partial charge on any atom is -0.336 e. The largest absolute Gasteiger partial charge is 0.336 e. The minimum atomic E-state index is 0.0292. The highest BCUT2D eigenvalue weighted by Crippen LogP contribution is 2.36. The molecular formula is C12H22N2O. The predicted octanol–water partition coefficient (Wildman–Crippen LogP) is 1.66. The molecule has 15 heavy (non-hydrogen) atoms. The summed E-state index contributed by atoms with van der Waals surface area (Å²) in [6, 6.07) is 0. The molecule has 2 fully saturated rings. The van der Waals surface area contributed by atoms with Crippen molar-refractivity contribution in [3.63, 3.8) is 0 Å². The lowest BCUT2D eigenvalue weighted by Gasteiger charge is -2.40. The number of nitrogens with zero attached hydrogens (tertiary/aromatic N) is 1. The number of nitrogens with two attached hydrogens (primary N) is 1. The maximum atomic E-state index is 12.0. The number of hydrogen-bond donors (Lipinski definition) is 1. The molecule has 1 saturated carbocycles. The van der Waals surface area contributed by atoms with Crippen molar-refractivity contribution in [1.29, 1.82) is 0 Å². The second-order valence-corrected chi connectivity index (χ2v) is 4.99. The van der Waals surface area contributed by atoms with E-state index < -0.39 is 0 Å². The second-order valence-electron chi connectivity index (χ2n) is 4.99. The number of carbonyl (C=O) groups is 1. The Labute approximate surface area is 92.0 Å². The summed E-state index contributed by atoms with van der Waals surface area (Å²) >= 11 is 0. The molecule has 0 aromatic rings. The van der Waals surface area contributed by atoms with Gasteiger partial charge in [0.15, 0.2) is 0 Å². The van der Waals surface area contributed by atoms with Gasteiger partial charge in [-0.05, 0) is 25.7 Å². The topological polar surface area (TPSA) is 46.3 Å². The van der Waals surface area contributed by atoms with Crippen molar-refractivity contribution < 1.29 is 4.79 Å². The maximum Gasteiger partial charge on any atom is 0.223 e. The molecule has 2 N–H and O–H groups in total. The van der Waals surface area contributed by atoms with E-state index in [1.54, 1.807) is 0 Å². The van der Waals surface area contributed by atoms with Crippen LogP contribution in [0, 0.1) is 0 Å². The lowest BCUT2D eigenvalue weighted by atomic mass is 9.94. The lowest BCUT2D eigenvalue weighted by Crippen LogP contribution is -2.54. The Morgan fingerprint density at radius 2 is 1.87 bits per heavy atom. The average molecular weight is 210 g/mol. The van der Waals surface area contributed by atoms with E-state index in [0.29, 0.717) is 12.5 Å². The molecule has 0 unspecified atom stereocenters. The number of hydrogen-bond acceptors (Lipinski definition) is 2. The van der Waals surface area contributed by atoms with Crippen molar-refractivity contribution in [3.05, 3.63) is 0 Å². The molecule has 0 atom stereocenters. The summed E-state index contributed by atoms with van der Waals surface area (Å²) in [6.45, 7) is 1.59. The fraction of sp³-hybridized carbons (Fsp3) is 0.917. The van der Waals surface area contributed by atoms with E-state index in [1.165, 1.54) is 19.3 Å². The molecule has 0 radical (unpaired) electrons. The van der Waals surface area contributed by atoms with Gasteiger partial charge < -0.3 is 10.6 Å². The Hall–Kier alpha value is -0.570. The highest BCUT2D eigenvalue weighted by Gasteiger charge is 2.40. The standard InChI is InChI=1S/C12H22N2O/c13-10-12(7-3-4-8-12)14-9-5-1-2-6-11(14)15/h1-10,13H2. The molecule has 3 heteroatoms. The van der Waals surface area contributed by atoms with Crippen LogP contribution >= 0.6 is 0 Å². The normalized spacial score (nSPS) is 26.7. The first-order chi connectivity index (χ1) is 7.28. The van der Waals surface area contributed by atoms with Gasteiger partial charge in [-0.25, -0.2) is 0 Å². The highest BCUT2D eigenvalue weighted by molar-refractivity contribution is 5.77. The summed E-state index contributed by atoms with van der Waals surface area (Å²) in [5.41, 5.74) is 5.95. The van der Waals surface area contributed by atoms with Crippen molar-refractivity contribution in [2.24, 2.45) is 5.73 Å². The van der Waals surface area contributed by atoms with E-state index >= 15 is 0 Å². The van der Waals surface area contributed by atoms with Crippen LogP contribution in [-0.4, -0.2) is 29.4 Å². The molecular weight excluding hydrogens is 188 g/mol. The number of likely N-dealkylation sites (tertiary alicyclic amines) is 1. The molecule has 1 aliphatic carbocycles. The SMILES string of the molecule is NCC1(N2CCCCCC2=O)CCCC1. The minimum absolute atomic E-state index is 0.0292. The van der Waals surface area contributed by atoms with E-state index in [4.69, 9.17) is 5.73 Å². The Kier molecular flexibility index (Phi) is 3.29. The molecule has 1 aliphatic heterocycles. The quantitative estimate of drug-likeness (QED) is 0.753. The van der Waals surface area contributed by atoms with Crippen molar-refractivity contribution in [3.8, 4) is 0 Å². The van der Waals surface area contributed by atoms with Gasteiger partial charge in [-0.15, -0.1) is 0 Å². The first-order valence-electron chi connectivity index (χ1n) is 6.29. The molecule has 1 amide bonds. The third-order valence-corrected chi connectivity index (χ3v) is 4.06.